The van der Waals surface area contributed by atoms with Crippen molar-refractivity contribution >= 4 is 27.4 Å². The fourth-order valence-electron chi connectivity index (χ4n) is 2.86. The molecule has 120 valence electrons. The van der Waals surface area contributed by atoms with Gasteiger partial charge in [-0.3, -0.25) is 4.90 Å². The van der Waals surface area contributed by atoms with E-state index in [-0.39, 0.29) is 4.90 Å². The van der Waals surface area contributed by atoms with Crippen LogP contribution in [0.3, 0.4) is 0 Å². The second kappa shape index (κ2) is 5.70. The number of carbonyl (C=O) groups is 1. The van der Waals surface area contributed by atoms with E-state index in [1.807, 2.05) is 26.0 Å². The van der Waals surface area contributed by atoms with Crippen LogP contribution in [0.4, 0.5) is 16.2 Å². The number of sulfonamides is 1. The van der Waals surface area contributed by atoms with Crippen molar-refractivity contribution < 1.29 is 13.2 Å². The molecule has 2 amide bonds. The summed E-state index contributed by atoms with van der Waals surface area (Å²) in [5, 5.41) is 0. The van der Waals surface area contributed by atoms with Gasteiger partial charge in [0.15, 0.2) is 0 Å². The second-order valence-corrected chi connectivity index (χ2v) is 7.00. The maximum Gasteiger partial charge on any atom is 0.343 e. The largest absolute Gasteiger partial charge is 0.343 e. The van der Waals surface area contributed by atoms with Crippen LogP contribution in [-0.2, 0) is 16.4 Å². The van der Waals surface area contributed by atoms with E-state index in [0.29, 0.717) is 24.3 Å². The first-order chi connectivity index (χ1) is 11.0. The first-order valence-electron chi connectivity index (χ1n) is 7.56. The Balaban J connectivity index is 2.28. The summed E-state index contributed by atoms with van der Waals surface area (Å²) >= 11 is 0. The summed E-state index contributed by atoms with van der Waals surface area (Å²) in [6.07, 6.45) is 0.642. The first kappa shape index (κ1) is 15.6. The number of fused-ring (bicyclic) bond motifs is 1. The summed E-state index contributed by atoms with van der Waals surface area (Å²) in [6.45, 7) is 4.16. The predicted molar refractivity (Wildman–Crippen MR) is 90.3 cm³/mol. The summed E-state index contributed by atoms with van der Waals surface area (Å²) in [6, 6.07) is 13.2. The minimum Gasteiger partial charge on any atom is -0.292 e. The molecule has 0 atom stereocenters. The number of nitrogens with zero attached hydrogens (tertiary/aromatic N) is 2. The van der Waals surface area contributed by atoms with Crippen molar-refractivity contribution in [2.24, 2.45) is 0 Å². The highest BCUT2D eigenvalue weighted by molar-refractivity contribution is 7.94. The molecule has 2 aromatic rings. The predicted octanol–water partition coefficient (Wildman–Crippen LogP) is 3.40. The lowest BCUT2D eigenvalue weighted by Crippen LogP contribution is -2.51. The minimum atomic E-state index is -3.92. The van der Waals surface area contributed by atoms with Gasteiger partial charge in [0.25, 0.3) is 10.0 Å². The van der Waals surface area contributed by atoms with Gasteiger partial charge in [-0.2, -0.15) is 4.31 Å². The van der Waals surface area contributed by atoms with E-state index in [9.17, 15) is 13.2 Å². The second-order valence-electron chi connectivity index (χ2n) is 5.25. The average molecular weight is 330 g/mol. The molecule has 0 saturated carbocycles. The normalized spacial score (nSPS) is 16.3. The van der Waals surface area contributed by atoms with Crippen molar-refractivity contribution in [2.75, 3.05) is 15.7 Å². The maximum atomic E-state index is 13.0. The van der Waals surface area contributed by atoms with Gasteiger partial charge in [-0.25, -0.2) is 13.2 Å². The van der Waals surface area contributed by atoms with Crippen LogP contribution in [0.2, 0.25) is 0 Å². The first-order valence-corrected chi connectivity index (χ1v) is 9.00. The van der Waals surface area contributed by atoms with E-state index in [1.54, 1.807) is 36.4 Å². The molecule has 0 N–H and O–H groups in total. The van der Waals surface area contributed by atoms with Gasteiger partial charge in [0.2, 0.25) is 0 Å². The van der Waals surface area contributed by atoms with Crippen LogP contribution in [0, 0.1) is 0 Å². The number of carbonyl (C=O) groups excluding carboxylic acids is 1. The van der Waals surface area contributed by atoms with Crippen molar-refractivity contribution in [1.29, 1.82) is 0 Å². The molecule has 0 saturated heterocycles. The van der Waals surface area contributed by atoms with Crippen LogP contribution >= 0.6 is 0 Å². The lowest BCUT2D eigenvalue weighted by atomic mass is 10.1. The van der Waals surface area contributed by atoms with Crippen LogP contribution < -0.4 is 9.21 Å². The van der Waals surface area contributed by atoms with Crippen LogP contribution in [-0.4, -0.2) is 21.0 Å². The zero-order chi connectivity index (χ0) is 16.6. The topological polar surface area (TPSA) is 57.7 Å². The monoisotopic (exact) mass is 330 g/mol. The summed E-state index contributed by atoms with van der Waals surface area (Å²) < 4.78 is 27.0. The summed E-state index contributed by atoms with van der Waals surface area (Å²) in [7, 11) is -3.92. The van der Waals surface area contributed by atoms with Crippen LogP contribution in [0.15, 0.2) is 53.4 Å². The number of hydrogen-bond acceptors (Lipinski definition) is 3. The van der Waals surface area contributed by atoms with Gasteiger partial charge >= 0.3 is 6.03 Å². The third kappa shape index (κ3) is 2.30. The molecular formula is C17H18N2O3S. The Morgan fingerprint density at radius 1 is 0.913 bits per heavy atom. The van der Waals surface area contributed by atoms with E-state index in [2.05, 4.69) is 0 Å². The third-order valence-electron chi connectivity index (χ3n) is 3.99. The van der Waals surface area contributed by atoms with E-state index in [0.717, 1.165) is 9.87 Å². The van der Waals surface area contributed by atoms with Crippen molar-refractivity contribution in [1.82, 2.24) is 0 Å². The van der Waals surface area contributed by atoms with Gasteiger partial charge < -0.3 is 0 Å². The highest BCUT2D eigenvalue weighted by atomic mass is 32.2. The molecule has 1 heterocycles. The Bertz CT molecular complexity index is 862. The van der Waals surface area contributed by atoms with Gasteiger partial charge in [-0.05, 0) is 37.1 Å². The molecule has 0 radical (unpaired) electrons. The van der Waals surface area contributed by atoms with Crippen molar-refractivity contribution in [2.45, 2.75) is 25.2 Å². The third-order valence-corrected chi connectivity index (χ3v) is 5.72. The number of urea groups is 1. The SMILES string of the molecule is CCc1ccccc1N1C(=O)N(CC)c2ccccc2S1(=O)=O. The molecule has 6 heteroatoms. The summed E-state index contributed by atoms with van der Waals surface area (Å²) in [4.78, 5) is 14.5. The summed E-state index contributed by atoms with van der Waals surface area (Å²) in [5.74, 6) is 0. The number of aryl methyl sites for hydroxylation is 1. The Morgan fingerprint density at radius 2 is 1.52 bits per heavy atom. The van der Waals surface area contributed by atoms with Crippen molar-refractivity contribution in [3.05, 3.63) is 54.1 Å². The van der Waals surface area contributed by atoms with Crippen LogP contribution in [0.25, 0.3) is 0 Å². The fourth-order valence-corrected chi connectivity index (χ4v) is 4.49. The number of rotatable bonds is 3. The molecular weight excluding hydrogens is 312 g/mol. The van der Waals surface area contributed by atoms with E-state index >= 15 is 0 Å². The quantitative estimate of drug-likeness (QED) is 0.866. The van der Waals surface area contributed by atoms with Gasteiger partial charge in [-0.1, -0.05) is 37.3 Å². The molecule has 0 aliphatic carbocycles. The molecule has 3 rings (SSSR count). The van der Waals surface area contributed by atoms with Gasteiger partial charge in [0.1, 0.15) is 4.90 Å². The molecule has 1 aliphatic rings. The number of hydrogen-bond donors (Lipinski definition) is 0. The van der Waals surface area contributed by atoms with Crippen molar-refractivity contribution in [3.8, 4) is 0 Å². The Labute approximate surface area is 136 Å². The van der Waals surface area contributed by atoms with Crippen molar-refractivity contribution in [3.63, 3.8) is 0 Å². The number of amides is 2. The molecule has 0 aromatic heterocycles. The molecule has 0 bridgehead atoms. The Hall–Kier alpha value is -2.34. The fraction of sp³-hybridized carbons (Fsp3) is 0.235. The molecule has 5 nitrogen and oxygen atoms in total. The Morgan fingerprint density at radius 3 is 2.17 bits per heavy atom. The van der Waals surface area contributed by atoms with Gasteiger partial charge in [0, 0.05) is 6.54 Å². The lowest BCUT2D eigenvalue weighted by Gasteiger charge is -2.36. The minimum absolute atomic E-state index is 0.160. The number of para-hydroxylation sites is 2. The number of benzene rings is 2. The standard InChI is InChI=1S/C17H18N2O3S/c1-3-13-9-5-6-10-14(13)19-17(20)18(4-2)15-11-7-8-12-16(15)23(19,21)22/h5-12H,3-4H2,1-2H3. The zero-order valence-electron chi connectivity index (χ0n) is 13.1. The molecule has 23 heavy (non-hydrogen) atoms. The van der Waals surface area contributed by atoms with Gasteiger partial charge in [-0.15, -0.1) is 0 Å². The van der Waals surface area contributed by atoms with Crippen LogP contribution in [0.1, 0.15) is 19.4 Å². The molecule has 1 aliphatic heterocycles. The van der Waals surface area contributed by atoms with E-state index < -0.39 is 16.1 Å². The maximum absolute atomic E-state index is 13.0. The van der Waals surface area contributed by atoms with E-state index in [1.165, 1.54) is 4.90 Å². The zero-order valence-corrected chi connectivity index (χ0v) is 13.9. The molecule has 0 spiro atoms. The molecule has 2 aromatic carbocycles. The molecule has 0 unspecified atom stereocenters. The van der Waals surface area contributed by atoms with Gasteiger partial charge in [0.05, 0.1) is 11.4 Å². The van der Waals surface area contributed by atoms with E-state index in [4.69, 9.17) is 0 Å². The smallest absolute Gasteiger partial charge is 0.292 e. The van der Waals surface area contributed by atoms with Crippen LogP contribution in [0.5, 0.6) is 0 Å². The number of anilines is 2. The highest BCUT2D eigenvalue weighted by Gasteiger charge is 2.42. The Kier molecular flexibility index (Phi) is 3.85. The highest BCUT2D eigenvalue weighted by Crippen LogP contribution is 2.38. The summed E-state index contributed by atoms with van der Waals surface area (Å²) in [5.41, 5.74) is 1.68. The average Bonchev–Trinajstić information content (AvgIpc) is 2.55. The molecule has 0 fully saturated rings. The lowest BCUT2D eigenvalue weighted by molar-refractivity contribution is 0.254.